The number of nitrogens with zero attached hydrogens (tertiary/aromatic N) is 2. The zero-order valence-corrected chi connectivity index (χ0v) is 20.8. The summed E-state index contributed by atoms with van der Waals surface area (Å²) in [6.07, 6.45) is 31.0. The Balaban J connectivity index is 1.26. The van der Waals surface area contributed by atoms with Gasteiger partial charge in [-0.25, -0.2) is 9.97 Å². The number of aromatic nitrogens is 2. The standard InChI is InChI=1S/C29H50N2/c1-3-5-7-8-9-11-24-12-14-25(15-13-24)16-17-26-18-20-28(21-19-26)29-30-22-27(23-31-29)10-6-4-2/h22-26,28H,3-21H2,1-2H3/t24-,25-,26?,28?. The van der Waals surface area contributed by atoms with Gasteiger partial charge in [0.1, 0.15) is 5.82 Å². The van der Waals surface area contributed by atoms with Gasteiger partial charge in [-0.15, -0.1) is 0 Å². The molecule has 0 aromatic carbocycles. The zero-order valence-electron chi connectivity index (χ0n) is 20.8. The maximum absolute atomic E-state index is 4.73. The van der Waals surface area contributed by atoms with Crippen LogP contribution in [0.2, 0.25) is 0 Å². The van der Waals surface area contributed by atoms with Crippen LogP contribution in [0.3, 0.4) is 0 Å². The summed E-state index contributed by atoms with van der Waals surface area (Å²) in [5.41, 5.74) is 1.31. The molecule has 0 N–H and O–H groups in total. The highest BCUT2D eigenvalue weighted by Gasteiger charge is 2.26. The van der Waals surface area contributed by atoms with Crippen molar-refractivity contribution in [3.05, 3.63) is 23.8 Å². The van der Waals surface area contributed by atoms with Crippen molar-refractivity contribution >= 4 is 0 Å². The summed E-state index contributed by atoms with van der Waals surface area (Å²) >= 11 is 0. The Morgan fingerprint density at radius 3 is 1.71 bits per heavy atom. The van der Waals surface area contributed by atoms with E-state index in [0.717, 1.165) is 30.0 Å². The lowest BCUT2D eigenvalue weighted by atomic mass is 9.74. The van der Waals surface area contributed by atoms with Crippen LogP contribution in [0.15, 0.2) is 12.4 Å². The molecule has 2 nitrogen and oxygen atoms in total. The first kappa shape index (κ1) is 24.7. The summed E-state index contributed by atoms with van der Waals surface area (Å²) in [6.45, 7) is 4.56. The maximum atomic E-state index is 4.73. The third-order valence-corrected chi connectivity index (χ3v) is 8.42. The molecule has 0 bridgehead atoms. The fourth-order valence-electron chi connectivity index (χ4n) is 6.11. The second-order valence-corrected chi connectivity index (χ2v) is 10.9. The highest BCUT2D eigenvalue weighted by atomic mass is 14.9. The Hall–Kier alpha value is -0.920. The van der Waals surface area contributed by atoms with Crippen molar-refractivity contribution in [1.29, 1.82) is 0 Å². The van der Waals surface area contributed by atoms with Crippen LogP contribution in [0.4, 0.5) is 0 Å². The smallest absolute Gasteiger partial charge is 0.131 e. The first-order valence-electron chi connectivity index (χ1n) is 14.1. The topological polar surface area (TPSA) is 25.8 Å². The molecule has 2 saturated carbocycles. The molecule has 2 aliphatic rings. The molecule has 0 amide bonds. The Kier molecular flexibility index (Phi) is 11.4. The molecule has 0 unspecified atom stereocenters. The molecule has 0 atom stereocenters. The number of aryl methyl sites for hydroxylation is 1. The minimum atomic E-state index is 0.615. The number of unbranched alkanes of at least 4 members (excludes halogenated alkanes) is 5. The monoisotopic (exact) mass is 426 g/mol. The molecule has 2 fully saturated rings. The van der Waals surface area contributed by atoms with Crippen molar-refractivity contribution in [2.75, 3.05) is 0 Å². The lowest BCUT2D eigenvalue weighted by molar-refractivity contribution is 0.221. The highest BCUT2D eigenvalue weighted by molar-refractivity contribution is 5.08. The Bertz CT molecular complexity index is 565. The Morgan fingerprint density at radius 2 is 1.13 bits per heavy atom. The molecule has 31 heavy (non-hydrogen) atoms. The Labute approximate surface area is 193 Å². The van der Waals surface area contributed by atoms with Gasteiger partial charge >= 0.3 is 0 Å². The average Bonchev–Trinajstić information content (AvgIpc) is 2.83. The molecule has 176 valence electrons. The largest absolute Gasteiger partial charge is 0.241 e. The molecular formula is C29H50N2. The van der Waals surface area contributed by atoms with E-state index in [-0.39, 0.29) is 0 Å². The van der Waals surface area contributed by atoms with E-state index in [0.29, 0.717) is 5.92 Å². The van der Waals surface area contributed by atoms with Crippen LogP contribution in [0.1, 0.15) is 147 Å². The fourth-order valence-corrected chi connectivity index (χ4v) is 6.11. The molecule has 2 aliphatic carbocycles. The van der Waals surface area contributed by atoms with Crippen molar-refractivity contribution in [3.63, 3.8) is 0 Å². The molecule has 1 aromatic rings. The summed E-state index contributed by atoms with van der Waals surface area (Å²) < 4.78 is 0. The van der Waals surface area contributed by atoms with E-state index in [9.17, 15) is 0 Å². The fraction of sp³-hybridized carbons (Fsp3) is 0.862. The summed E-state index contributed by atoms with van der Waals surface area (Å²) in [7, 11) is 0. The second kappa shape index (κ2) is 14.3. The van der Waals surface area contributed by atoms with Gasteiger partial charge in [0.05, 0.1) is 0 Å². The maximum Gasteiger partial charge on any atom is 0.131 e. The first-order chi connectivity index (χ1) is 15.3. The van der Waals surface area contributed by atoms with E-state index in [1.807, 2.05) is 0 Å². The average molecular weight is 427 g/mol. The predicted molar refractivity (Wildman–Crippen MR) is 133 cm³/mol. The molecular weight excluding hydrogens is 376 g/mol. The van der Waals surface area contributed by atoms with E-state index in [1.54, 1.807) is 0 Å². The minimum Gasteiger partial charge on any atom is -0.241 e. The van der Waals surface area contributed by atoms with Gasteiger partial charge in [-0.3, -0.25) is 0 Å². The quantitative estimate of drug-likeness (QED) is 0.294. The third kappa shape index (κ3) is 8.85. The van der Waals surface area contributed by atoms with Crippen LogP contribution < -0.4 is 0 Å². The van der Waals surface area contributed by atoms with Gasteiger partial charge in [0, 0.05) is 18.3 Å². The predicted octanol–water partition coefficient (Wildman–Crippen LogP) is 9.04. The van der Waals surface area contributed by atoms with Gasteiger partial charge in [-0.05, 0) is 61.8 Å². The normalized spacial score (nSPS) is 26.8. The van der Waals surface area contributed by atoms with Crippen molar-refractivity contribution in [3.8, 4) is 0 Å². The molecule has 0 radical (unpaired) electrons. The minimum absolute atomic E-state index is 0.615. The van der Waals surface area contributed by atoms with Gasteiger partial charge in [0.15, 0.2) is 0 Å². The summed E-state index contributed by atoms with van der Waals surface area (Å²) in [5.74, 6) is 4.79. The van der Waals surface area contributed by atoms with Gasteiger partial charge in [-0.1, -0.05) is 97.3 Å². The summed E-state index contributed by atoms with van der Waals surface area (Å²) in [6, 6.07) is 0. The first-order valence-corrected chi connectivity index (χ1v) is 14.1. The van der Waals surface area contributed by atoms with Crippen LogP contribution in [0.5, 0.6) is 0 Å². The molecule has 1 aromatic heterocycles. The SMILES string of the molecule is CCCCCCC[C@H]1CC[C@H](CCC2CCC(c3ncc(CCCC)cn3)CC2)CC1. The van der Waals surface area contributed by atoms with Crippen LogP contribution in [0, 0.1) is 17.8 Å². The van der Waals surface area contributed by atoms with Gasteiger partial charge < -0.3 is 0 Å². The molecule has 3 rings (SSSR count). The van der Waals surface area contributed by atoms with Crippen molar-refractivity contribution in [2.45, 2.75) is 142 Å². The molecule has 0 aliphatic heterocycles. The van der Waals surface area contributed by atoms with Gasteiger partial charge in [0.2, 0.25) is 0 Å². The molecule has 1 heterocycles. The van der Waals surface area contributed by atoms with E-state index in [4.69, 9.17) is 9.97 Å². The number of hydrogen-bond donors (Lipinski definition) is 0. The summed E-state index contributed by atoms with van der Waals surface area (Å²) in [4.78, 5) is 9.46. The van der Waals surface area contributed by atoms with Crippen LogP contribution in [0.25, 0.3) is 0 Å². The highest BCUT2D eigenvalue weighted by Crippen LogP contribution is 2.39. The zero-order chi connectivity index (χ0) is 21.7. The van der Waals surface area contributed by atoms with Crippen LogP contribution in [-0.2, 0) is 6.42 Å². The lowest BCUT2D eigenvalue weighted by Gasteiger charge is -2.31. The third-order valence-electron chi connectivity index (χ3n) is 8.42. The molecule has 2 heteroatoms. The van der Waals surface area contributed by atoms with E-state index in [1.165, 1.54) is 121 Å². The second-order valence-electron chi connectivity index (χ2n) is 10.9. The van der Waals surface area contributed by atoms with Crippen LogP contribution in [-0.4, -0.2) is 9.97 Å². The van der Waals surface area contributed by atoms with Crippen molar-refractivity contribution in [2.24, 2.45) is 17.8 Å². The van der Waals surface area contributed by atoms with Crippen molar-refractivity contribution in [1.82, 2.24) is 9.97 Å². The van der Waals surface area contributed by atoms with E-state index in [2.05, 4.69) is 26.2 Å². The van der Waals surface area contributed by atoms with Gasteiger partial charge in [-0.2, -0.15) is 0 Å². The molecule has 0 spiro atoms. The Morgan fingerprint density at radius 1 is 0.613 bits per heavy atom. The molecule has 0 saturated heterocycles. The number of hydrogen-bond acceptors (Lipinski definition) is 2. The van der Waals surface area contributed by atoms with Gasteiger partial charge in [0.25, 0.3) is 0 Å². The van der Waals surface area contributed by atoms with Crippen LogP contribution >= 0.6 is 0 Å². The van der Waals surface area contributed by atoms with Crippen molar-refractivity contribution < 1.29 is 0 Å². The summed E-state index contributed by atoms with van der Waals surface area (Å²) in [5, 5.41) is 0. The lowest BCUT2D eigenvalue weighted by Crippen LogP contribution is -2.18. The van der Waals surface area contributed by atoms with E-state index < -0.39 is 0 Å². The number of rotatable bonds is 13. The van der Waals surface area contributed by atoms with E-state index >= 15 is 0 Å².